The summed E-state index contributed by atoms with van der Waals surface area (Å²) in [5, 5.41) is 0. The lowest BCUT2D eigenvalue weighted by Crippen LogP contribution is -2.53. The average molecular weight is 269 g/mol. The van der Waals surface area contributed by atoms with Gasteiger partial charge in [-0.2, -0.15) is 0 Å². The molecule has 1 atom stereocenters. The fraction of sp³-hybridized carbons (Fsp3) is 0.857. The van der Waals surface area contributed by atoms with E-state index in [1.807, 2.05) is 23.6 Å². The average Bonchev–Trinajstić information content (AvgIpc) is 2.87. The molecule has 3 amide bonds. The summed E-state index contributed by atoms with van der Waals surface area (Å²) in [7, 11) is 0. The summed E-state index contributed by atoms with van der Waals surface area (Å²) in [6, 6.07) is 0.151. The fourth-order valence-corrected chi connectivity index (χ4v) is 2.52. The molecule has 2 heterocycles. The van der Waals surface area contributed by atoms with E-state index in [2.05, 4.69) is 6.92 Å². The molecule has 0 aromatic carbocycles. The molecule has 5 nitrogen and oxygen atoms in total. The molecule has 2 aliphatic rings. The van der Waals surface area contributed by atoms with Crippen molar-refractivity contribution in [1.29, 1.82) is 0 Å². The van der Waals surface area contributed by atoms with Crippen LogP contribution in [0.5, 0.6) is 0 Å². The van der Waals surface area contributed by atoms with Crippen LogP contribution in [-0.4, -0.2) is 65.9 Å². The van der Waals surface area contributed by atoms with E-state index >= 15 is 0 Å². The number of likely N-dealkylation sites (tertiary alicyclic amines) is 1. The molecule has 0 N–H and O–H groups in total. The first-order chi connectivity index (χ1) is 9.08. The molecule has 0 aromatic heterocycles. The predicted octanol–water partition coefficient (Wildman–Crippen LogP) is 1.64. The van der Waals surface area contributed by atoms with Gasteiger partial charge in [-0.1, -0.05) is 20.8 Å². The number of amides is 3. The van der Waals surface area contributed by atoms with E-state index in [1.165, 1.54) is 0 Å². The lowest BCUT2D eigenvalue weighted by molar-refractivity contribution is -0.130. The molecule has 0 aliphatic carbocycles. The van der Waals surface area contributed by atoms with Gasteiger partial charge in [0.2, 0.25) is 5.91 Å². The highest BCUT2D eigenvalue weighted by Gasteiger charge is 2.29. The molecule has 2 aliphatic heterocycles. The van der Waals surface area contributed by atoms with E-state index < -0.39 is 0 Å². The highest BCUT2D eigenvalue weighted by Crippen LogP contribution is 2.17. The Labute approximate surface area is 116 Å². The predicted molar refractivity (Wildman–Crippen MR) is 75.9 cm³/mol. The van der Waals surface area contributed by atoms with Gasteiger partial charge in [0.15, 0.2) is 0 Å². The van der Waals surface area contributed by atoms with E-state index in [-0.39, 0.29) is 11.9 Å². The third-order valence-electron chi connectivity index (χ3n) is 3.69. The molecule has 0 aromatic rings. The molecule has 110 valence electrons. The molecule has 0 bridgehead atoms. The van der Waals surface area contributed by atoms with Gasteiger partial charge in [-0.3, -0.25) is 4.79 Å². The van der Waals surface area contributed by atoms with Crippen molar-refractivity contribution in [2.45, 2.75) is 34.1 Å². The summed E-state index contributed by atoms with van der Waals surface area (Å²) in [6.45, 7) is 12.2. The van der Waals surface area contributed by atoms with Crippen molar-refractivity contribution < 1.29 is 9.59 Å². The van der Waals surface area contributed by atoms with E-state index in [4.69, 9.17) is 0 Å². The Balaban J connectivity index is 0.000000861. The lowest BCUT2D eigenvalue weighted by atomic mass is 10.2. The van der Waals surface area contributed by atoms with Crippen molar-refractivity contribution >= 4 is 11.9 Å². The summed E-state index contributed by atoms with van der Waals surface area (Å²) in [5.41, 5.74) is 0. The maximum absolute atomic E-state index is 12.2. The third kappa shape index (κ3) is 4.11. The van der Waals surface area contributed by atoms with E-state index in [0.717, 1.165) is 19.5 Å². The molecule has 2 saturated heterocycles. The number of rotatable bonds is 0. The molecule has 2 fully saturated rings. The molecule has 5 heteroatoms. The third-order valence-corrected chi connectivity index (χ3v) is 3.69. The quantitative estimate of drug-likeness (QED) is 0.671. The Kier molecular flexibility index (Phi) is 6.12. The second-order valence-electron chi connectivity index (χ2n) is 5.12. The van der Waals surface area contributed by atoms with Crippen LogP contribution >= 0.6 is 0 Å². The van der Waals surface area contributed by atoms with Gasteiger partial charge in [-0.25, -0.2) is 4.79 Å². The van der Waals surface area contributed by atoms with Crippen LogP contribution < -0.4 is 0 Å². The Bertz CT molecular complexity index is 312. The van der Waals surface area contributed by atoms with E-state index in [1.54, 1.807) is 11.8 Å². The topological polar surface area (TPSA) is 43.9 Å². The highest BCUT2D eigenvalue weighted by molar-refractivity contribution is 5.76. The van der Waals surface area contributed by atoms with Crippen LogP contribution in [0, 0.1) is 5.92 Å². The molecule has 2 rings (SSSR count). The molecule has 0 saturated carbocycles. The van der Waals surface area contributed by atoms with Gasteiger partial charge < -0.3 is 14.7 Å². The Morgan fingerprint density at radius 3 is 1.84 bits per heavy atom. The normalized spacial score (nSPS) is 22.9. The maximum Gasteiger partial charge on any atom is 0.320 e. The summed E-state index contributed by atoms with van der Waals surface area (Å²) >= 11 is 0. The largest absolute Gasteiger partial charge is 0.339 e. The van der Waals surface area contributed by atoms with Crippen LogP contribution in [0.25, 0.3) is 0 Å². The summed E-state index contributed by atoms with van der Waals surface area (Å²) < 4.78 is 0. The number of hydrogen-bond donors (Lipinski definition) is 0. The minimum Gasteiger partial charge on any atom is -0.339 e. The van der Waals surface area contributed by atoms with Crippen molar-refractivity contribution in [3.8, 4) is 0 Å². The summed E-state index contributed by atoms with van der Waals surface area (Å²) in [4.78, 5) is 29.0. The monoisotopic (exact) mass is 269 g/mol. The van der Waals surface area contributed by atoms with Crippen LogP contribution in [0.15, 0.2) is 0 Å². The molecule has 0 spiro atoms. The van der Waals surface area contributed by atoms with Crippen molar-refractivity contribution in [1.82, 2.24) is 14.7 Å². The molecule has 19 heavy (non-hydrogen) atoms. The van der Waals surface area contributed by atoms with E-state index in [0.29, 0.717) is 32.1 Å². The Morgan fingerprint density at radius 2 is 1.42 bits per heavy atom. The molecule has 0 radical (unpaired) electrons. The number of piperazine rings is 1. The lowest BCUT2D eigenvalue weighted by Gasteiger charge is -2.36. The standard InChI is InChI=1S/C12H21N3O2.C2H6/c1-10-3-4-15(9-10)12(17)14-7-5-13(6-8-14)11(2)16;1-2/h10H,3-9H2,1-2H3;1-2H3. The van der Waals surface area contributed by atoms with Crippen LogP contribution in [0.1, 0.15) is 34.1 Å². The number of hydrogen-bond acceptors (Lipinski definition) is 2. The SMILES string of the molecule is CC.CC(=O)N1CCN(C(=O)N2CCC(C)C2)CC1. The van der Waals surface area contributed by atoms with Crippen molar-refractivity contribution in [3.05, 3.63) is 0 Å². The zero-order valence-corrected chi connectivity index (χ0v) is 12.7. The second-order valence-corrected chi connectivity index (χ2v) is 5.12. The Hall–Kier alpha value is -1.26. The number of carbonyl (C=O) groups excluding carboxylic acids is 2. The fourth-order valence-electron chi connectivity index (χ4n) is 2.52. The number of nitrogens with zero attached hydrogens (tertiary/aromatic N) is 3. The minimum atomic E-state index is 0.104. The first kappa shape index (κ1) is 15.8. The van der Waals surface area contributed by atoms with Crippen molar-refractivity contribution in [3.63, 3.8) is 0 Å². The highest BCUT2D eigenvalue weighted by atomic mass is 16.2. The second kappa shape index (κ2) is 7.36. The Morgan fingerprint density at radius 1 is 0.895 bits per heavy atom. The number of urea groups is 1. The maximum atomic E-state index is 12.2. The molecular weight excluding hydrogens is 242 g/mol. The van der Waals surface area contributed by atoms with Crippen LogP contribution in [0.3, 0.4) is 0 Å². The zero-order valence-electron chi connectivity index (χ0n) is 12.7. The van der Waals surface area contributed by atoms with Crippen LogP contribution in [0.4, 0.5) is 4.79 Å². The smallest absolute Gasteiger partial charge is 0.320 e. The molecular formula is C14H27N3O2. The van der Waals surface area contributed by atoms with Gasteiger partial charge >= 0.3 is 6.03 Å². The van der Waals surface area contributed by atoms with Crippen LogP contribution in [-0.2, 0) is 4.79 Å². The molecule has 1 unspecified atom stereocenters. The number of carbonyl (C=O) groups is 2. The van der Waals surface area contributed by atoms with Gasteiger partial charge in [-0.05, 0) is 12.3 Å². The van der Waals surface area contributed by atoms with E-state index in [9.17, 15) is 9.59 Å². The summed E-state index contributed by atoms with van der Waals surface area (Å²) in [6.07, 6.45) is 1.11. The van der Waals surface area contributed by atoms with Gasteiger partial charge in [0, 0.05) is 46.2 Å². The summed E-state index contributed by atoms with van der Waals surface area (Å²) in [5.74, 6) is 0.726. The zero-order chi connectivity index (χ0) is 14.4. The first-order valence-corrected chi connectivity index (χ1v) is 7.37. The van der Waals surface area contributed by atoms with Gasteiger partial charge in [0.05, 0.1) is 0 Å². The van der Waals surface area contributed by atoms with Crippen molar-refractivity contribution in [2.24, 2.45) is 5.92 Å². The van der Waals surface area contributed by atoms with Crippen LogP contribution in [0.2, 0.25) is 0 Å². The van der Waals surface area contributed by atoms with Crippen molar-refractivity contribution in [2.75, 3.05) is 39.3 Å². The van der Waals surface area contributed by atoms with Gasteiger partial charge in [0.1, 0.15) is 0 Å². The van der Waals surface area contributed by atoms with Gasteiger partial charge in [0.25, 0.3) is 0 Å². The first-order valence-electron chi connectivity index (χ1n) is 7.37. The van der Waals surface area contributed by atoms with Gasteiger partial charge in [-0.15, -0.1) is 0 Å². The minimum absolute atomic E-state index is 0.104.